The van der Waals surface area contributed by atoms with E-state index in [2.05, 4.69) is 26.1 Å². The van der Waals surface area contributed by atoms with Crippen LogP contribution >= 0.6 is 11.3 Å². The van der Waals surface area contributed by atoms with E-state index in [0.29, 0.717) is 5.56 Å². The number of amides is 1. The van der Waals surface area contributed by atoms with Crippen molar-refractivity contribution in [2.45, 2.75) is 6.92 Å². The minimum Gasteiger partial charge on any atom is -0.267 e. The minimum atomic E-state index is -0.271. The molecule has 2 aromatic heterocycles. The molecular formula is C14H12N6OS. The van der Waals surface area contributed by atoms with Crippen LogP contribution in [0, 0.1) is 6.92 Å². The summed E-state index contributed by atoms with van der Waals surface area (Å²) in [7, 11) is 0. The highest BCUT2D eigenvalue weighted by atomic mass is 32.1. The first-order valence-electron chi connectivity index (χ1n) is 6.45. The van der Waals surface area contributed by atoms with Gasteiger partial charge in [-0.05, 0) is 53.7 Å². The molecule has 0 saturated carbocycles. The highest BCUT2D eigenvalue weighted by Gasteiger charge is 2.05. The van der Waals surface area contributed by atoms with E-state index in [-0.39, 0.29) is 5.91 Å². The van der Waals surface area contributed by atoms with Gasteiger partial charge in [0.15, 0.2) is 0 Å². The minimum absolute atomic E-state index is 0.271. The van der Waals surface area contributed by atoms with Crippen molar-refractivity contribution in [3.05, 3.63) is 58.0 Å². The monoisotopic (exact) mass is 312 g/mol. The van der Waals surface area contributed by atoms with Gasteiger partial charge in [-0.3, -0.25) is 4.79 Å². The molecule has 0 spiro atoms. The lowest BCUT2D eigenvalue weighted by atomic mass is 10.2. The van der Waals surface area contributed by atoms with Crippen molar-refractivity contribution in [3.8, 4) is 5.69 Å². The standard InChI is InChI=1S/C14H12N6OS/c1-10-2-7-13(22-10)8-15-17-14(21)11-3-5-12(6-4-11)20-9-16-18-19-20/h2-9H,1H3,(H,17,21)/b15-8+. The third-order valence-electron chi connectivity index (χ3n) is 2.86. The molecule has 1 aromatic carbocycles. The lowest BCUT2D eigenvalue weighted by Crippen LogP contribution is -2.17. The molecule has 2 heterocycles. The largest absolute Gasteiger partial charge is 0.271 e. The molecule has 0 unspecified atom stereocenters. The van der Waals surface area contributed by atoms with Crippen molar-refractivity contribution < 1.29 is 4.79 Å². The molecule has 7 nitrogen and oxygen atoms in total. The summed E-state index contributed by atoms with van der Waals surface area (Å²) >= 11 is 1.61. The highest BCUT2D eigenvalue weighted by molar-refractivity contribution is 7.13. The number of nitrogens with one attached hydrogen (secondary N) is 1. The van der Waals surface area contributed by atoms with E-state index in [1.807, 2.05) is 19.1 Å². The van der Waals surface area contributed by atoms with E-state index in [4.69, 9.17) is 0 Å². The fourth-order valence-corrected chi connectivity index (χ4v) is 2.54. The molecular weight excluding hydrogens is 300 g/mol. The summed E-state index contributed by atoms with van der Waals surface area (Å²) in [6.45, 7) is 2.02. The Morgan fingerprint density at radius 1 is 1.27 bits per heavy atom. The predicted molar refractivity (Wildman–Crippen MR) is 83.3 cm³/mol. The number of rotatable bonds is 4. The van der Waals surface area contributed by atoms with E-state index in [1.54, 1.807) is 41.8 Å². The van der Waals surface area contributed by atoms with Gasteiger partial charge in [0.2, 0.25) is 0 Å². The summed E-state index contributed by atoms with van der Waals surface area (Å²) < 4.78 is 1.51. The fraction of sp³-hybridized carbons (Fsp3) is 0.0714. The molecule has 0 aliphatic rings. The Hall–Kier alpha value is -2.87. The molecule has 0 radical (unpaired) electrons. The topological polar surface area (TPSA) is 85.1 Å². The number of benzene rings is 1. The number of carbonyl (C=O) groups excluding carboxylic acids is 1. The molecule has 3 rings (SSSR count). The Labute approximate surface area is 130 Å². The third-order valence-corrected chi connectivity index (χ3v) is 3.80. The van der Waals surface area contributed by atoms with Crippen LogP contribution < -0.4 is 5.43 Å². The van der Waals surface area contributed by atoms with Gasteiger partial charge in [-0.25, -0.2) is 10.1 Å². The molecule has 0 atom stereocenters. The van der Waals surface area contributed by atoms with Gasteiger partial charge in [-0.15, -0.1) is 16.4 Å². The highest BCUT2D eigenvalue weighted by Crippen LogP contribution is 2.12. The number of aromatic nitrogens is 4. The zero-order chi connectivity index (χ0) is 15.4. The maximum atomic E-state index is 12.0. The average Bonchev–Trinajstić information content (AvgIpc) is 3.19. The Kier molecular flexibility index (Phi) is 4.01. The van der Waals surface area contributed by atoms with Crippen molar-refractivity contribution in [1.82, 2.24) is 25.6 Å². The summed E-state index contributed by atoms with van der Waals surface area (Å²) in [5.74, 6) is -0.271. The summed E-state index contributed by atoms with van der Waals surface area (Å²) in [5.41, 5.74) is 3.79. The van der Waals surface area contributed by atoms with Crippen LogP contribution in [-0.4, -0.2) is 32.3 Å². The van der Waals surface area contributed by atoms with Gasteiger partial charge in [0.25, 0.3) is 5.91 Å². The molecule has 1 amide bonds. The van der Waals surface area contributed by atoms with Gasteiger partial charge in [0, 0.05) is 15.3 Å². The molecule has 8 heteroatoms. The number of aryl methyl sites for hydroxylation is 1. The Morgan fingerprint density at radius 2 is 2.09 bits per heavy atom. The molecule has 0 aliphatic carbocycles. The van der Waals surface area contributed by atoms with Crippen molar-refractivity contribution in [2.24, 2.45) is 5.10 Å². The first-order valence-corrected chi connectivity index (χ1v) is 7.27. The molecule has 0 aliphatic heterocycles. The molecule has 0 bridgehead atoms. The molecule has 22 heavy (non-hydrogen) atoms. The molecule has 0 fully saturated rings. The number of nitrogens with zero attached hydrogens (tertiary/aromatic N) is 5. The van der Waals surface area contributed by atoms with Crippen LogP contribution in [0.15, 0.2) is 47.8 Å². The summed E-state index contributed by atoms with van der Waals surface area (Å²) in [6, 6.07) is 10.9. The van der Waals surface area contributed by atoms with Gasteiger partial charge in [-0.2, -0.15) is 5.10 Å². The second-order valence-corrected chi connectivity index (χ2v) is 5.77. The molecule has 3 aromatic rings. The van der Waals surface area contributed by atoms with Crippen LogP contribution in [0.2, 0.25) is 0 Å². The van der Waals surface area contributed by atoms with Gasteiger partial charge in [-0.1, -0.05) is 0 Å². The predicted octanol–water partition coefficient (Wildman–Crippen LogP) is 1.80. The normalized spacial score (nSPS) is 11.0. The number of carbonyl (C=O) groups is 1. The Bertz CT molecular complexity index is 791. The Balaban J connectivity index is 1.64. The summed E-state index contributed by atoms with van der Waals surface area (Å²) in [6.07, 6.45) is 3.12. The van der Waals surface area contributed by atoms with Crippen molar-refractivity contribution in [2.75, 3.05) is 0 Å². The molecule has 0 saturated heterocycles. The number of hydrogen-bond acceptors (Lipinski definition) is 6. The summed E-state index contributed by atoms with van der Waals surface area (Å²) in [4.78, 5) is 14.2. The quantitative estimate of drug-likeness (QED) is 0.588. The smallest absolute Gasteiger partial charge is 0.267 e. The van der Waals surface area contributed by atoms with Gasteiger partial charge >= 0.3 is 0 Å². The first kappa shape index (κ1) is 14.1. The maximum Gasteiger partial charge on any atom is 0.271 e. The lowest BCUT2D eigenvalue weighted by Gasteiger charge is -2.02. The van der Waals surface area contributed by atoms with Crippen LogP contribution in [-0.2, 0) is 0 Å². The number of hydrogen-bond donors (Lipinski definition) is 1. The average molecular weight is 312 g/mol. The molecule has 110 valence electrons. The van der Waals surface area contributed by atoms with Crippen molar-refractivity contribution in [1.29, 1.82) is 0 Å². The van der Waals surface area contributed by atoms with E-state index in [9.17, 15) is 4.79 Å². The Morgan fingerprint density at radius 3 is 2.73 bits per heavy atom. The number of hydrazone groups is 1. The third kappa shape index (κ3) is 3.23. The van der Waals surface area contributed by atoms with Crippen LogP contribution in [0.25, 0.3) is 5.69 Å². The van der Waals surface area contributed by atoms with Gasteiger partial charge < -0.3 is 0 Å². The zero-order valence-electron chi connectivity index (χ0n) is 11.7. The second-order valence-electron chi connectivity index (χ2n) is 4.45. The van der Waals surface area contributed by atoms with Crippen LogP contribution in [0.1, 0.15) is 20.1 Å². The van der Waals surface area contributed by atoms with Gasteiger partial charge in [0.1, 0.15) is 6.33 Å². The molecule has 1 N–H and O–H groups in total. The number of thiophene rings is 1. The van der Waals surface area contributed by atoms with Crippen LogP contribution in [0.5, 0.6) is 0 Å². The van der Waals surface area contributed by atoms with Crippen molar-refractivity contribution >= 4 is 23.5 Å². The van der Waals surface area contributed by atoms with E-state index in [0.717, 1.165) is 10.6 Å². The van der Waals surface area contributed by atoms with Crippen molar-refractivity contribution in [3.63, 3.8) is 0 Å². The van der Waals surface area contributed by atoms with E-state index >= 15 is 0 Å². The SMILES string of the molecule is Cc1ccc(/C=N/NC(=O)c2ccc(-n3cnnn3)cc2)s1. The fourth-order valence-electron chi connectivity index (χ4n) is 1.79. The summed E-state index contributed by atoms with van der Waals surface area (Å²) in [5, 5.41) is 14.9. The number of tetrazole rings is 1. The van der Waals surface area contributed by atoms with Crippen LogP contribution in [0.4, 0.5) is 0 Å². The zero-order valence-corrected chi connectivity index (χ0v) is 12.5. The van der Waals surface area contributed by atoms with E-state index in [1.165, 1.54) is 15.9 Å². The van der Waals surface area contributed by atoms with E-state index < -0.39 is 0 Å². The first-order chi connectivity index (χ1) is 10.7. The van der Waals surface area contributed by atoms with Gasteiger partial charge in [0.05, 0.1) is 11.9 Å². The maximum absolute atomic E-state index is 12.0. The second kappa shape index (κ2) is 6.27. The van der Waals surface area contributed by atoms with Crippen LogP contribution in [0.3, 0.4) is 0 Å². The lowest BCUT2D eigenvalue weighted by molar-refractivity contribution is 0.0955.